The van der Waals surface area contributed by atoms with Crippen LogP contribution >= 0.6 is 11.8 Å². The van der Waals surface area contributed by atoms with Crippen LogP contribution in [0.3, 0.4) is 0 Å². The number of rotatable bonds is 4. The van der Waals surface area contributed by atoms with Crippen molar-refractivity contribution in [3.05, 3.63) is 35.4 Å². The lowest BCUT2D eigenvalue weighted by molar-refractivity contribution is -0.119. The minimum absolute atomic E-state index is 0.0566. The highest BCUT2D eigenvalue weighted by Crippen LogP contribution is 2.13. The number of nitriles is 1. The summed E-state index contributed by atoms with van der Waals surface area (Å²) in [6, 6.07) is 9.52. The number of carbonyl (C=O) groups is 1. The van der Waals surface area contributed by atoms with Gasteiger partial charge in [0.15, 0.2) is 0 Å². The fourth-order valence-electron chi connectivity index (χ4n) is 1.39. The first-order valence-electron chi connectivity index (χ1n) is 5.78. The fraction of sp³-hybridized carbons (Fsp3) is 0.429. The summed E-state index contributed by atoms with van der Waals surface area (Å²) < 4.78 is 0. The number of hydrogen-bond acceptors (Lipinski definition) is 3. The van der Waals surface area contributed by atoms with Crippen LogP contribution in [0.1, 0.15) is 31.9 Å². The smallest absolute Gasteiger partial charge is 0.230 e. The zero-order chi connectivity index (χ0) is 13.6. The number of nitrogens with one attached hydrogen (secondary N) is 1. The third-order valence-electron chi connectivity index (χ3n) is 2.10. The summed E-state index contributed by atoms with van der Waals surface area (Å²) in [6.07, 6.45) is 0. The maximum absolute atomic E-state index is 11.6. The number of hydrogen-bond donors (Lipinski definition) is 1. The quantitative estimate of drug-likeness (QED) is 0.907. The van der Waals surface area contributed by atoms with Crippen molar-refractivity contribution in [3.8, 4) is 6.07 Å². The fourth-order valence-corrected chi connectivity index (χ4v) is 2.18. The summed E-state index contributed by atoms with van der Waals surface area (Å²) in [5.74, 6) is 1.29. The van der Waals surface area contributed by atoms with Gasteiger partial charge in [-0.3, -0.25) is 4.79 Å². The van der Waals surface area contributed by atoms with Gasteiger partial charge in [-0.1, -0.05) is 12.1 Å². The summed E-state index contributed by atoms with van der Waals surface area (Å²) in [5, 5.41) is 11.6. The van der Waals surface area contributed by atoms with Crippen molar-refractivity contribution in [2.24, 2.45) is 0 Å². The second-order valence-electron chi connectivity index (χ2n) is 5.10. The van der Waals surface area contributed by atoms with Crippen molar-refractivity contribution in [1.29, 1.82) is 5.26 Å². The maximum Gasteiger partial charge on any atom is 0.230 e. The summed E-state index contributed by atoms with van der Waals surface area (Å²) in [5.41, 5.74) is 1.61. The summed E-state index contributed by atoms with van der Waals surface area (Å²) in [4.78, 5) is 11.6. The van der Waals surface area contributed by atoms with Crippen LogP contribution in [0.15, 0.2) is 24.3 Å². The molecule has 0 heterocycles. The van der Waals surface area contributed by atoms with Gasteiger partial charge in [0.05, 0.1) is 17.4 Å². The Kier molecular flexibility index (Phi) is 5.24. The Hall–Kier alpha value is -1.47. The SMILES string of the molecule is CC(C)(C)NC(=O)CSCc1ccc(C#N)cc1. The standard InChI is InChI=1S/C14H18N2OS/c1-14(2,3)16-13(17)10-18-9-12-6-4-11(8-15)5-7-12/h4-7H,9-10H2,1-3H3,(H,16,17). The van der Waals surface area contributed by atoms with E-state index in [2.05, 4.69) is 11.4 Å². The van der Waals surface area contributed by atoms with Crippen LogP contribution in [-0.4, -0.2) is 17.2 Å². The van der Waals surface area contributed by atoms with E-state index in [1.54, 1.807) is 23.9 Å². The molecule has 0 aliphatic rings. The molecule has 1 aromatic carbocycles. The minimum Gasteiger partial charge on any atom is -0.351 e. The first-order valence-corrected chi connectivity index (χ1v) is 6.94. The Labute approximate surface area is 113 Å². The molecule has 0 saturated carbocycles. The van der Waals surface area contributed by atoms with E-state index in [0.29, 0.717) is 11.3 Å². The number of benzene rings is 1. The van der Waals surface area contributed by atoms with Crippen LogP contribution in [0.4, 0.5) is 0 Å². The Morgan fingerprint density at radius 3 is 2.44 bits per heavy atom. The molecule has 1 N–H and O–H groups in total. The Balaban J connectivity index is 2.33. The number of amides is 1. The molecule has 0 aliphatic heterocycles. The van der Waals surface area contributed by atoms with Crippen molar-refractivity contribution in [2.75, 3.05) is 5.75 Å². The molecule has 0 atom stereocenters. The number of carbonyl (C=O) groups excluding carboxylic acids is 1. The lowest BCUT2D eigenvalue weighted by Crippen LogP contribution is -2.41. The average Bonchev–Trinajstić information content (AvgIpc) is 2.27. The van der Waals surface area contributed by atoms with Gasteiger partial charge >= 0.3 is 0 Å². The first-order chi connectivity index (χ1) is 8.40. The average molecular weight is 262 g/mol. The molecule has 96 valence electrons. The molecule has 4 heteroatoms. The van der Waals surface area contributed by atoms with Gasteiger partial charge in [-0.25, -0.2) is 0 Å². The van der Waals surface area contributed by atoms with E-state index in [1.165, 1.54) is 0 Å². The molecule has 0 radical (unpaired) electrons. The van der Waals surface area contributed by atoms with E-state index in [-0.39, 0.29) is 11.4 Å². The zero-order valence-electron chi connectivity index (χ0n) is 11.0. The van der Waals surface area contributed by atoms with E-state index in [9.17, 15) is 4.79 Å². The van der Waals surface area contributed by atoms with E-state index in [0.717, 1.165) is 11.3 Å². The van der Waals surface area contributed by atoms with E-state index in [1.807, 2.05) is 32.9 Å². The van der Waals surface area contributed by atoms with E-state index >= 15 is 0 Å². The topological polar surface area (TPSA) is 52.9 Å². The lowest BCUT2D eigenvalue weighted by Gasteiger charge is -2.20. The molecular weight excluding hydrogens is 244 g/mol. The maximum atomic E-state index is 11.6. The molecule has 1 aromatic rings. The predicted octanol–water partition coefficient (Wildman–Crippen LogP) is 2.71. The predicted molar refractivity (Wildman–Crippen MR) is 75.2 cm³/mol. The molecule has 0 spiro atoms. The number of nitrogens with zero attached hydrogens (tertiary/aromatic N) is 1. The van der Waals surface area contributed by atoms with Crippen LogP contribution in [-0.2, 0) is 10.5 Å². The van der Waals surface area contributed by atoms with Gasteiger partial charge in [-0.05, 0) is 38.5 Å². The van der Waals surface area contributed by atoms with Crippen molar-refractivity contribution >= 4 is 17.7 Å². The molecule has 3 nitrogen and oxygen atoms in total. The largest absolute Gasteiger partial charge is 0.351 e. The molecule has 0 aromatic heterocycles. The zero-order valence-corrected chi connectivity index (χ0v) is 11.8. The van der Waals surface area contributed by atoms with Crippen LogP contribution in [0.2, 0.25) is 0 Å². The van der Waals surface area contributed by atoms with Crippen molar-refractivity contribution in [1.82, 2.24) is 5.32 Å². The highest BCUT2D eigenvalue weighted by Gasteiger charge is 2.13. The Morgan fingerprint density at radius 1 is 1.33 bits per heavy atom. The Morgan fingerprint density at radius 2 is 1.94 bits per heavy atom. The summed E-state index contributed by atoms with van der Waals surface area (Å²) >= 11 is 1.57. The van der Waals surface area contributed by atoms with Gasteiger partial charge < -0.3 is 5.32 Å². The lowest BCUT2D eigenvalue weighted by atomic mass is 10.1. The van der Waals surface area contributed by atoms with Gasteiger partial charge in [0.25, 0.3) is 0 Å². The van der Waals surface area contributed by atoms with Crippen LogP contribution in [0.25, 0.3) is 0 Å². The summed E-state index contributed by atoms with van der Waals surface area (Å²) in [6.45, 7) is 5.91. The third-order valence-corrected chi connectivity index (χ3v) is 3.10. The highest BCUT2D eigenvalue weighted by molar-refractivity contribution is 7.99. The van der Waals surface area contributed by atoms with Crippen LogP contribution in [0.5, 0.6) is 0 Å². The minimum atomic E-state index is -0.175. The van der Waals surface area contributed by atoms with Crippen molar-refractivity contribution in [3.63, 3.8) is 0 Å². The van der Waals surface area contributed by atoms with Crippen LogP contribution in [0, 0.1) is 11.3 Å². The molecule has 0 fully saturated rings. The molecule has 1 rings (SSSR count). The van der Waals surface area contributed by atoms with Gasteiger partial charge in [0.1, 0.15) is 0 Å². The second-order valence-corrected chi connectivity index (χ2v) is 6.09. The molecule has 18 heavy (non-hydrogen) atoms. The van der Waals surface area contributed by atoms with Gasteiger partial charge in [-0.15, -0.1) is 11.8 Å². The van der Waals surface area contributed by atoms with Crippen LogP contribution < -0.4 is 5.32 Å². The Bertz CT molecular complexity index is 440. The molecule has 0 saturated heterocycles. The molecule has 0 unspecified atom stereocenters. The molecule has 0 aliphatic carbocycles. The van der Waals surface area contributed by atoms with Gasteiger partial charge in [0.2, 0.25) is 5.91 Å². The van der Waals surface area contributed by atoms with Crippen molar-refractivity contribution in [2.45, 2.75) is 32.1 Å². The number of thioether (sulfide) groups is 1. The first kappa shape index (κ1) is 14.6. The molecule has 1 amide bonds. The monoisotopic (exact) mass is 262 g/mol. The second kappa shape index (κ2) is 6.46. The molecular formula is C14H18N2OS. The van der Waals surface area contributed by atoms with Crippen molar-refractivity contribution < 1.29 is 4.79 Å². The highest BCUT2D eigenvalue weighted by atomic mass is 32.2. The normalized spacial score (nSPS) is 10.8. The third kappa shape index (κ3) is 5.74. The summed E-state index contributed by atoms with van der Waals surface area (Å²) in [7, 11) is 0. The molecule has 0 bridgehead atoms. The van der Waals surface area contributed by atoms with E-state index in [4.69, 9.17) is 5.26 Å². The van der Waals surface area contributed by atoms with Gasteiger partial charge in [-0.2, -0.15) is 5.26 Å². The van der Waals surface area contributed by atoms with E-state index < -0.39 is 0 Å². The van der Waals surface area contributed by atoms with Gasteiger partial charge in [0, 0.05) is 11.3 Å².